The quantitative estimate of drug-likeness (QED) is 0.821. The number of aromatic carboxylic acids is 1. The second-order valence-corrected chi connectivity index (χ2v) is 6.14. The summed E-state index contributed by atoms with van der Waals surface area (Å²) in [5.41, 5.74) is 0.809. The number of carbonyl (C=O) groups excluding carboxylic acids is 1. The van der Waals surface area contributed by atoms with E-state index in [2.05, 4.69) is 9.98 Å². The fourth-order valence-corrected chi connectivity index (χ4v) is 3.10. The molecule has 2 aromatic rings. The molecular weight excluding hydrogens is 342 g/mol. The van der Waals surface area contributed by atoms with Gasteiger partial charge in [-0.15, -0.1) is 0 Å². The summed E-state index contributed by atoms with van der Waals surface area (Å²) in [6.45, 7) is 0. The van der Waals surface area contributed by atoms with Crippen molar-refractivity contribution in [1.82, 2.24) is 9.88 Å². The minimum atomic E-state index is -1.22. The van der Waals surface area contributed by atoms with E-state index in [1.54, 1.807) is 31.5 Å². The summed E-state index contributed by atoms with van der Waals surface area (Å²) in [7, 11) is 1.60. The molecule has 1 amide bonds. The molecule has 8 heteroatoms. The van der Waals surface area contributed by atoms with Crippen LogP contribution in [0, 0.1) is 0 Å². The van der Waals surface area contributed by atoms with Gasteiger partial charge in [-0.25, -0.2) is 9.79 Å². The molecule has 126 valence electrons. The van der Waals surface area contributed by atoms with Gasteiger partial charge in [0.2, 0.25) is 0 Å². The number of aromatic nitrogens is 1. The Morgan fingerprint density at radius 1 is 1.32 bits per heavy atom. The highest BCUT2D eigenvalue weighted by atomic mass is 32.2. The molecule has 0 saturated carbocycles. The number of nitrogens with zero attached hydrogens (tertiary/aromatic N) is 3. The van der Waals surface area contributed by atoms with Crippen LogP contribution in [-0.4, -0.2) is 44.2 Å². The summed E-state index contributed by atoms with van der Waals surface area (Å²) >= 11 is 1.18. The molecule has 1 aromatic heterocycles. The number of likely N-dealkylation sites (N-methyl/N-ethyl adjacent to an activating group) is 1. The Morgan fingerprint density at radius 2 is 2.12 bits per heavy atom. The van der Waals surface area contributed by atoms with E-state index < -0.39 is 5.97 Å². The van der Waals surface area contributed by atoms with E-state index in [9.17, 15) is 14.7 Å². The maximum absolute atomic E-state index is 12.3. The zero-order chi connectivity index (χ0) is 18.0. The normalized spacial score (nSPS) is 17.5. The van der Waals surface area contributed by atoms with Crippen LogP contribution in [0.4, 0.5) is 5.69 Å². The summed E-state index contributed by atoms with van der Waals surface area (Å²) in [5.74, 6) is -1.81. The van der Waals surface area contributed by atoms with Crippen LogP contribution in [-0.2, 0) is 4.79 Å². The highest BCUT2D eigenvalue weighted by Crippen LogP contribution is 2.33. The number of rotatable bonds is 3. The second-order valence-electron chi connectivity index (χ2n) is 5.13. The van der Waals surface area contributed by atoms with Gasteiger partial charge in [0.1, 0.15) is 11.3 Å². The smallest absolute Gasteiger partial charge is 0.339 e. The highest BCUT2D eigenvalue weighted by molar-refractivity contribution is 8.18. The predicted molar refractivity (Wildman–Crippen MR) is 94.7 cm³/mol. The average molecular weight is 355 g/mol. The molecule has 1 aromatic carbocycles. The number of hydrogen-bond donors (Lipinski definition) is 2. The molecule has 3 rings (SSSR count). The maximum Gasteiger partial charge on any atom is 0.339 e. The maximum atomic E-state index is 12.3. The molecule has 0 radical (unpaired) electrons. The Hall–Kier alpha value is -3.13. The van der Waals surface area contributed by atoms with Gasteiger partial charge in [0.15, 0.2) is 5.17 Å². The summed E-state index contributed by atoms with van der Waals surface area (Å²) in [6, 6.07) is 9.39. The molecule has 25 heavy (non-hydrogen) atoms. The van der Waals surface area contributed by atoms with E-state index in [1.165, 1.54) is 34.9 Å². The molecule has 0 atom stereocenters. The van der Waals surface area contributed by atoms with Crippen molar-refractivity contribution in [1.29, 1.82) is 0 Å². The standard InChI is InChI=1S/C17H13N3O4S/c1-20-15(22)14(9-10-4-2-3-7-18-10)25-17(20)19-11-5-6-12(16(23)24)13(21)8-11/h2-9,21H,1H3,(H,23,24)/b14-9-,19-17?. The van der Waals surface area contributed by atoms with Gasteiger partial charge in [-0.2, -0.15) is 0 Å². The Kier molecular flexibility index (Phi) is 4.53. The zero-order valence-electron chi connectivity index (χ0n) is 13.1. The van der Waals surface area contributed by atoms with Crippen molar-refractivity contribution in [2.75, 3.05) is 7.05 Å². The van der Waals surface area contributed by atoms with Crippen LogP contribution >= 0.6 is 11.8 Å². The third-order valence-electron chi connectivity index (χ3n) is 3.41. The van der Waals surface area contributed by atoms with E-state index in [4.69, 9.17) is 5.11 Å². The first-order valence-electron chi connectivity index (χ1n) is 7.19. The molecule has 1 aliphatic heterocycles. The SMILES string of the molecule is CN1C(=O)/C(=C/c2ccccn2)SC1=Nc1ccc(C(=O)O)c(O)c1. The minimum Gasteiger partial charge on any atom is -0.507 e. The molecule has 2 heterocycles. The van der Waals surface area contributed by atoms with Crippen LogP contribution in [0.25, 0.3) is 6.08 Å². The monoisotopic (exact) mass is 355 g/mol. The number of hydrogen-bond acceptors (Lipinski definition) is 6. The number of pyridine rings is 1. The van der Waals surface area contributed by atoms with Gasteiger partial charge in [-0.05, 0) is 42.1 Å². The number of aromatic hydroxyl groups is 1. The molecule has 0 bridgehead atoms. The number of amidine groups is 1. The number of benzene rings is 1. The third-order valence-corrected chi connectivity index (χ3v) is 4.47. The number of carboxylic acid groups (broad SMARTS) is 1. The van der Waals surface area contributed by atoms with Gasteiger partial charge in [-0.3, -0.25) is 14.7 Å². The fraction of sp³-hybridized carbons (Fsp3) is 0.0588. The van der Waals surface area contributed by atoms with Gasteiger partial charge in [0.05, 0.1) is 16.3 Å². The molecule has 1 aliphatic rings. The first kappa shape index (κ1) is 16.7. The third kappa shape index (κ3) is 3.53. The van der Waals surface area contributed by atoms with Crippen LogP contribution in [0.5, 0.6) is 5.75 Å². The van der Waals surface area contributed by atoms with E-state index in [-0.39, 0.29) is 17.2 Å². The summed E-state index contributed by atoms with van der Waals surface area (Å²) in [4.78, 5) is 33.6. The largest absolute Gasteiger partial charge is 0.507 e. The lowest BCUT2D eigenvalue weighted by atomic mass is 10.2. The van der Waals surface area contributed by atoms with Crippen molar-refractivity contribution < 1.29 is 19.8 Å². The Morgan fingerprint density at radius 3 is 2.76 bits per heavy atom. The Labute approximate surface area is 147 Å². The van der Waals surface area contributed by atoms with Crippen molar-refractivity contribution in [2.24, 2.45) is 4.99 Å². The Balaban J connectivity index is 1.89. The van der Waals surface area contributed by atoms with Crippen molar-refractivity contribution in [3.63, 3.8) is 0 Å². The highest BCUT2D eigenvalue weighted by Gasteiger charge is 2.30. The van der Waals surface area contributed by atoms with Crippen molar-refractivity contribution in [3.05, 3.63) is 58.8 Å². The lowest BCUT2D eigenvalue weighted by Gasteiger charge is -2.07. The van der Waals surface area contributed by atoms with Gasteiger partial charge in [-0.1, -0.05) is 6.07 Å². The molecule has 7 nitrogen and oxygen atoms in total. The molecular formula is C17H13N3O4S. The number of aliphatic imine (C=N–C) groups is 1. The second kappa shape index (κ2) is 6.78. The van der Waals surface area contributed by atoms with Gasteiger partial charge in [0.25, 0.3) is 5.91 Å². The van der Waals surface area contributed by atoms with Crippen molar-refractivity contribution >= 4 is 40.6 Å². The number of amides is 1. The minimum absolute atomic E-state index is 0.205. The van der Waals surface area contributed by atoms with Crippen LogP contribution in [0.3, 0.4) is 0 Å². The number of thioether (sulfide) groups is 1. The first-order chi connectivity index (χ1) is 12.0. The predicted octanol–water partition coefficient (Wildman–Crippen LogP) is 2.72. The molecule has 1 fully saturated rings. The van der Waals surface area contributed by atoms with Gasteiger partial charge >= 0.3 is 5.97 Å². The summed E-state index contributed by atoms with van der Waals surface area (Å²) in [6.07, 6.45) is 3.32. The van der Waals surface area contributed by atoms with E-state index in [0.29, 0.717) is 21.5 Å². The topological polar surface area (TPSA) is 103 Å². The van der Waals surface area contributed by atoms with Crippen molar-refractivity contribution in [2.45, 2.75) is 0 Å². The van der Waals surface area contributed by atoms with Crippen LogP contribution in [0.15, 0.2) is 52.5 Å². The molecule has 1 saturated heterocycles. The lowest BCUT2D eigenvalue weighted by molar-refractivity contribution is -0.121. The van der Waals surface area contributed by atoms with Gasteiger partial charge in [0, 0.05) is 19.3 Å². The number of phenols is 1. The molecule has 2 N–H and O–H groups in total. The van der Waals surface area contributed by atoms with Crippen LogP contribution in [0.1, 0.15) is 16.1 Å². The van der Waals surface area contributed by atoms with Crippen LogP contribution < -0.4 is 0 Å². The van der Waals surface area contributed by atoms with E-state index in [0.717, 1.165) is 0 Å². The number of carboxylic acids is 1. The zero-order valence-corrected chi connectivity index (χ0v) is 13.9. The van der Waals surface area contributed by atoms with Gasteiger partial charge < -0.3 is 10.2 Å². The summed E-state index contributed by atoms with van der Waals surface area (Å²) in [5, 5.41) is 19.1. The first-order valence-corrected chi connectivity index (χ1v) is 8.01. The molecule has 0 spiro atoms. The molecule has 0 unspecified atom stereocenters. The van der Waals surface area contributed by atoms with Crippen molar-refractivity contribution in [3.8, 4) is 5.75 Å². The Bertz CT molecular complexity index is 909. The fourth-order valence-electron chi connectivity index (χ4n) is 2.13. The number of carbonyl (C=O) groups is 2. The lowest BCUT2D eigenvalue weighted by Crippen LogP contribution is -2.23. The average Bonchev–Trinajstić information content (AvgIpc) is 2.84. The summed E-state index contributed by atoms with van der Waals surface area (Å²) < 4.78 is 0. The van der Waals surface area contributed by atoms with E-state index in [1.807, 2.05) is 6.07 Å². The van der Waals surface area contributed by atoms with E-state index >= 15 is 0 Å². The molecule has 0 aliphatic carbocycles. The van der Waals surface area contributed by atoms with Crippen LogP contribution in [0.2, 0.25) is 0 Å².